The van der Waals surface area contributed by atoms with Gasteiger partial charge in [0.2, 0.25) is 0 Å². The average Bonchev–Trinajstić information content (AvgIpc) is 2.47. The SMILES string of the molecule is COc1ccccc1-c1cc(=S)c2ccccc2o1. The third-order valence-corrected chi connectivity index (χ3v) is 3.34. The summed E-state index contributed by atoms with van der Waals surface area (Å²) in [7, 11) is 1.65. The van der Waals surface area contributed by atoms with Crippen molar-refractivity contribution in [2.24, 2.45) is 0 Å². The van der Waals surface area contributed by atoms with Crippen LogP contribution in [0.3, 0.4) is 0 Å². The van der Waals surface area contributed by atoms with Crippen molar-refractivity contribution in [3.8, 4) is 17.1 Å². The van der Waals surface area contributed by atoms with Gasteiger partial charge in [-0.25, -0.2) is 0 Å². The highest BCUT2D eigenvalue weighted by Crippen LogP contribution is 2.32. The van der Waals surface area contributed by atoms with Crippen LogP contribution in [-0.2, 0) is 0 Å². The normalized spacial score (nSPS) is 10.6. The fourth-order valence-corrected chi connectivity index (χ4v) is 2.36. The number of para-hydroxylation sites is 2. The highest BCUT2D eigenvalue weighted by Gasteiger charge is 2.09. The van der Waals surface area contributed by atoms with Crippen LogP contribution in [0.1, 0.15) is 0 Å². The number of hydrogen-bond donors (Lipinski definition) is 0. The summed E-state index contributed by atoms with van der Waals surface area (Å²) in [6.07, 6.45) is 0. The van der Waals surface area contributed by atoms with E-state index in [2.05, 4.69) is 0 Å². The maximum atomic E-state index is 5.92. The number of methoxy groups -OCH3 is 1. The van der Waals surface area contributed by atoms with E-state index < -0.39 is 0 Å². The quantitative estimate of drug-likeness (QED) is 0.621. The molecule has 0 aliphatic carbocycles. The monoisotopic (exact) mass is 268 g/mol. The van der Waals surface area contributed by atoms with Gasteiger partial charge in [-0.1, -0.05) is 36.5 Å². The molecule has 19 heavy (non-hydrogen) atoms. The molecule has 1 heterocycles. The molecule has 3 aromatic rings. The first kappa shape index (κ1) is 11.9. The van der Waals surface area contributed by atoms with E-state index in [4.69, 9.17) is 21.4 Å². The molecule has 0 spiro atoms. The van der Waals surface area contributed by atoms with Crippen LogP contribution >= 0.6 is 12.2 Å². The predicted molar refractivity (Wildman–Crippen MR) is 79.0 cm³/mol. The number of benzene rings is 2. The van der Waals surface area contributed by atoms with Crippen LogP contribution in [0.25, 0.3) is 22.3 Å². The summed E-state index contributed by atoms with van der Waals surface area (Å²) in [5, 5.41) is 0.955. The van der Waals surface area contributed by atoms with Gasteiger partial charge in [0, 0.05) is 11.5 Å². The van der Waals surface area contributed by atoms with Gasteiger partial charge >= 0.3 is 0 Å². The standard InChI is InChI=1S/C16H12O2S/c1-17-13-8-4-2-6-11(13)15-10-16(19)12-7-3-5-9-14(12)18-15/h2-10H,1H3. The lowest BCUT2D eigenvalue weighted by atomic mass is 10.1. The molecule has 0 amide bonds. The van der Waals surface area contributed by atoms with Crippen molar-refractivity contribution < 1.29 is 9.15 Å². The Kier molecular flexibility index (Phi) is 3.05. The molecule has 0 aliphatic rings. The van der Waals surface area contributed by atoms with Crippen LogP contribution in [0.15, 0.2) is 59.0 Å². The molecule has 3 rings (SSSR count). The molecule has 2 aromatic carbocycles. The van der Waals surface area contributed by atoms with Gasteiger partial charge in [-0.3, -0.25) is 0 Å². The van der Waals surface area contributed by atoms with Gasteiger partial charge in [0.25, 0.3) is 0 Å². The first-order valence-corrected chi connectivity index (χ1v) is 6.37. The zero-order chi connectivity index (χ0) is 13.2. The summed E-state index contributed by atoms with van der Waals surface area (Å²) in [5.41, 5.74) is 1.69. The van der Waals surface area contributed by atoms with Gasteiger partial charge in [0.05, 0.1) is 17.2 Å². The average molecular weight is 268 g/mol. The highest BCUT2D eigenvalue weighted by molar-refractivity contribution is 7.71. The molecule has 3 heteroatoms. The lowest BCUT2D eigenvalue weighted by molar-refractivity contribution is 0.415. The van der Waals surface area contributed by atoms with Crippen LogP contribution in [-0.4, -0.2) is 7.11 Å². The highest BCUT2D eigenvalue weighted by atomic mass is 32.1. The third-order valence-electron chi connectivity index (χ3n) is 3.01. The van der Waals surface area contributed by atoms with Crippen molar-refractivity contribution in [1.82, 2.24) is 0 Å². The first-order chi connectivity index (χ1) is 9.29. The Labute approximate surface area is 116 Å². The molecule has 0 saturated carbocycles. The number of fused-ring (bicyclic) bond motifs is 1. The smallest absolute Gasteiger partial charge is 0.139 e. The second kappa shape index (κ2) is 4.86. The number of rotatable bonds is 2. The van der Waals surface area contributed by atoms with E-state index in [9.17, 15) is 0 Å². The number of ether oxygens (including phenoxy) is 1. The first-order valence-electron chi connectivity index (χ1n) is 5.96. The second-order valence-corrected chi connectivity index (χ2v) is 4.61. The maximum absolute atomic E-state index is 5.92. The van der Waals surface area contributed by atoms with E-state index in [0.29, 0.717) is 0 Å². The van der Waals surface area contributed by atoms with Crippen LogP contribution in [0.4, 0.5) is 0 Å². The van der Waals surface area contributed by atoms with Crippen molar-refractivity contribution in [3.63, 3.8) is 0 Å². The van der Waals surface area contributed by atoms with E-state index in [0.717, 1.165) is 32.6 Å². The van der Waals surface area contributed by atoms with Crippen LogP contribution in [0.5, 0.6) is 5.75 Å². The minimum Gasteiger partial charge on any atom is -0.496 e. The Morgan fingerprint density at radius 2 is 1.74 bits per heavy atom. The van der Waals surface area contributed by atoms with Crippen molar-refractivity contribution in [2.75, 3.05) is 7.11 Å². The van der Waals surface area contributed by atoms with E-state index in [1.54, 1.807) is 7.11 Å². The van der Waals surface area contributed by atoms with Gasteiger partial charge in [0.1, 0.15) is 17.1 Å². The van der Waals surface area contributed by atoms with E-state index in [1.165, 1.54) is 0 Å². The van der Waals surface area contributed by atoms with Crippen LogP contribution in [0, 0.1) is 4.51 Å². The molecule has 1 aromatic heterocycles. The fourth-order valence-electron chi connectivity index (χ4n) is 2.08. The fraction of sp³-hybridized carbons (Fsp3) is 0.0625. The van der Waals surface area contributed by atoms with Crippen molar-refractivity contribution >= 4 is 23.2 Å². The second-order valence-electron chi connectivity index (χ2n) is 4.17. The largest absolute Gasteiger partial charge is 0.496 e. The minimum atomic E-state index is 0.723. The summed E-state index contributed by atoms with van der Waals surface area (Å²) in [6.45, 7) is 0. The molecule has 0 radical (unpaired) electrons. The Morgan fingerprint density at radius 1 is 1.00 bits per heavy atom. The summed E-state index contributed by atoms with van der Waals surface area (Å²) >= 11 is 5.42. The Bertz CT molecular complexity index is 790. The van der Waals surface area contributed by atoms with Crippen molar-refractivity contribution in [1.29, 1.82) is 0 Å². The Morgan fingerprint density at radius 3 is 2.58 bits per heavy atom. The zero-order valence-electron chi connectivity index (χ0n) is 10.4. The van der Waals surface area contributed by atoms with Crippen LogP contribution < -0.4 is 4.74 Å². The van der Waals surface area contributed by atoms with Gasteiger partial charge in [-0.05, 0) is 24.3 Å². The van der Waals surface area contributed by atoms with Crippen molar-refractivity contribution in [2.45, 2.75) is 0 Å². The molecule has 0 unspecified atom stereocenters. The lowest BCUT2D eigenvalue weighted by Gasteiger charge is -2.08. The topological polar surface area (TPSA) is 22.4 Å². The van der Waals surface area contributed by atoms with Gasteiger partial charge in [-0.2, -0.15) is 0 Å². The molecule has 0 saturated heterocycles. The van der Waals surface area contributed by atoms with Gasteiger partial charge in [-0.15, -0.1) is 0 Å². The summed E-state index contributed by atoms with van der Waals surface area (Å²) < 4.78 is 12.1. The molecular formula is C16H12O2S. The molecule has 0 aliphatic heterocycles. The molecular weight excluding hydrogens is 256 g/mol. The molecule has 0 bridgehead atoms. The van der Waals surface area contributed by atoms with Crippen LogP contribution in [0.2, 0.25) is 0 Å². The molecule has 0 atom stereocenters. The maximum Gasteiger partial charge on any atom is 0.139 e. The minimum absolute atomic E-state index is 0.723. The third kappa shape index (κ3) is 2.13. The Hall–Kier alpha value is -2.13. The van der Waals surface area contributed by atoms with Gasteiger partial charge < -0.3 is 9.15 Å². The number of hydrogen-bond acceptors (Lipinski definition) is 3. The van der Waals surface area contributed by atoms with Crippen molar-refractivity contribution in [3.05, 3.63) is 59.1 Å². The Balaban J connectivity index is 2.29. The molecule has 2 nitrogen and oxygen atoms in total. The van der Waals surface area contributed by atoms with E-state index in [-0.39, 0.29) is 0 Å². The summed E-state index contributed by atoms with van der Waals surface area (Å²) in [5.74, 6) is 1.50. The molecule has 0 fully saturated rings. The molecule has 0 N–H and O–H groups in total. The summed E-state index contributed by atoms with van der Waals surface area (Å²) in [4.78, 5) is 0. The summed E-state index contributed by atoms with van der Waals surface area (Å²) in [6, 6.07) is 17.4. The van der Waals surface area contributed by atoms with E-state index >= 15 is 0 Å². The van der Waals surface area contributed by atoms with Gasteiger partial charge in [0.15, 0.2) is 0 Å². The molecule has 94 valence electrons. The lowest BCUT2D eigenvalue weighted by Crippen LogP contribution is -1.87. The van der Waals surface area contributed by atoms with E-state index in [1.807, 2.05) is 54.6 Å². The zero-order valence-corrected chi connectivity index (χ0v) is 11.2. The predicted octanol–water partition coefficient (Wildman–Crippen LogP) is 4.84.